The van der Waals surface area contributed by atoms with Gasteiger partial charge in [-0.25, -0.2) is 0 Å². The lowest BCUT2D eigenvalue weighted by Crippen LogP contribution is -2.71. The van der Waals surface area contributed by atoms with Gasteiger partial charge in [0.15, 0.2) is 0 Å². The Morgan fingerprint density at radius 1 is 0.746 bits per heavy atom. The van der Waals surface area contributed by atoms with Crippen LogP contribution in [-0.2, 0) is 35.3 Å². The minimum absolute atomic E-state index is 0.0674. The molecule has 2 N–H and O–H groups in total. The fraction of sp³-hybridized carbons (Fsp3) is 0.191. The molecule has 0 aliphatic carbocycles. The zero-order valence-corrected chi connectivity index (χ0v) is 32.0. The van der Waals surface area contributed by atoms with Crippen molar-refractivity contribution in [2.24, 2.45) is 0 Å². The van der Waals surface area contributed by atoms with E-state index in [0.717, 1.165) is 35.0 Å². The zero-order valence-electron chi connectivity index (χ0n) is 32.0. The smallest absolute Gasteiger partial charge is 0.406 e. The van der Waals surface area contributed by atoms with E-state index in [4.69, 9.17) is 0 Å². The van der Waals surface area contributed by atoms with Crippen molar-refractivity contribution in [3.8, 4) is 0 Å². The lowest BCUT2D eigenvalue weighted by Gasteiger charge is -2.27. The Morgan fingerprint density at radius 2 is 1.39 bits per heavy atom. The van der Waals surface area contributed by atoms with E-state index in [0.29, 0.717) is 46.3 Å². The first-order chi connectivity index (χ1) is 27.8. The van der Waals surface area contributed by atoms with Crippen LogP contribution in [-0.4, -0.2) is 12.9 Å². The summed E-state index contributed by atoms with van der Waals surface area (Å²) in [5.41, 5.74) is 1.77. The summed E-state index contributed by atoms with van der Waals surface area (Å²) in [6.45, 7) is 8.78. The molecule has 0 saturated carbocycles. The predicted molar refractivity (Wildman–Crippen MR) is 213 cm³/mol. The second-order valence-corrected chi connectivity index (χ2v) is 14.6. The molecule has 0 atom stereocenters. The molecule has 0 unspecified atom stereocenters. The maximum absolute atomic E-state index is 13.7. The minimum Gasteiger partial charge on any atom is -0.406 e. The van der Waals surface area contributed by atoms with Crippen LogP contribution in [0.4, 0.5) is 56.6 Å². The molecule has 0 bridgehead atoms. The van der Waals surface area contributed by atoms with Crippen molar-refractivity contribution in [1.82, 2.24) is 0 Å². The van der Waals surface area contributed by atoms with Crippen molar-refractivity contribution < 1.29 is 49.6 Å². The van der Waals surface area contributed by atoms with Gasteiger partial charge in [-0.3, -0.25) is 5.32 Å². The van der Waals surface area contributed by atoms with E-state index in [1.807, 2.05) is 54.6 Å². The summed E-state index contributed by atoms with van der Waals surface area (Å²) < 4.78 is 127. The first-order valence-corrected chi connectivity index (χ1v) is 18.6. The number of halogens is 9. The number of alkyl halides is 9. The predicted octanol–water partition coefficient (Wildman–Crippen LogP) is 13.0. The Morgan fingerprint density at radius 3 is 2.07 bits per heavy atom. The summed E-state index contributed by atoms with van der Waals surface area (Å²) in [6.07, 6.45) is -5.83. The summed E-state index contributed by atoms with van der Waals surface area (Å²) >= 11 is 0. The molecule has 0 spiro atoms. The van der Waals surface area contributed by atoms with Gasteiger partial charge in [0.1, 0.15) is 17.1 Å². The molecular weight excluding hydrogens is 780 g/mol. The molecule has 5 aromatic carbocycles. The van der Waals surface area contributed by atoms with E-state index in [2.05, 4.69) is 30.1 Å². The molecular formula is C47H40F9N2O+. The number of quaternary nitrogens is 1. The molecule has 0 aromatic heterocycles. The van der Waals surface area contributed by atoms with Crippen molar-refractivity contribution in [2.75, 3.05) is 11.4 Å². The van der Waals surface area contributed by atoms with Gasteiger partial charge in [-0.05, 0) is 59.4 Å². The van der Waals surface area contributed by atoms with Gasteiger partial charge in [0.05, 0.1) is 11.1 Å². The van der Waals surface area contributed by atoms with Crippen molar-refractivity contribution in [3.63, 3.8) is 0 Å². The van der Waals surface area contributed by atoms with Crippen LogP contribution in [0.15, 0.2) is 169 Å². The molecule has 306 valence electrons. The molecule has 3 nitrogen and oxygen atoms in total. The molecule has 59 heavy (non-hydrogen) atoms. The Hall–Kier alpha value is -6.01. The highest BCUT2D eigenvalue weighted by Crippen LogP contribution is 2.47. The monoisotopic (exact) mass is 819 g/mol. The number of nitrogens with two attached hydrogens (primary N) is 1. The van der Waals surface area contributed by atoms with Crippen molar-refractivity contribution in [1.29, 1.82) is 0 Å². The van der Waals surface area contributed by atoms with Gasteiger partial charge in [0, 0.05) is 52.8 Å². The Kier molecular flexibility index (Phi) is 12.3. The van der Waals surface area contributed by atoms with Gasteiger partial charge in [-0.1, -0.05) is 123 Å². The van der Waals surface area contributed by atoms with Crippen LogP contribution in [0.25, 0.3) is 10.8 Å². The summed E-state index contributed by atoms with van der Waals surface area (Å²) in [6, 6.07) is 29.6. The molecule has 1 aliphatic rings. The molecule has 1 aliphatic heterocycles. The number of allylic oxidation sites excluding steroid dienone is 8. The topological polar surface area (TPSA) is 29.1 Å². The number of hydrogen-bond acceptors (Lipinski definition) is 2. The number of hydrogen-bond donors (Lipinski definition) is 1. The highest BCUT2D eigenvalue weighted by atomic mass is 19.4. The van der Waals surface area contributed by atoms with Crippen molar-refractivity contribution in [2.45, 2.75) is 50.8 Å². The van der Waals surface area contributed by atoms with Gasteiger partial charge in [0.2, 0.25) is 0 Å². The van der Waals surface area contributed by atoms with Crippen LogP contribution in [0.2, 0.25) is 0 Å². The van der Waals surface area contributed by atoms with Crippen LogP contribution >= 0.6 is 0 Å². The van der Waals surface area contributed by atoms with E-state index in [1.165, 1.54) is 29.6 Å². The van der Waals surface area contributed by atoms with Gasteiger partial charge in [-0.15, -0.1) is 13.2 Å². The fourth-order valence-corrected chi connectivity index (χ4v) is 7.24. The van der Waals surface area contributed by atoms with E-state index in [1.54, 1.807) is 42.5 Å². The van der Waals surface area contributed by atoms with E-state index in [9.17, 15) is 39.5 Å². The highest BCUT2D eigenvalue weighted by molar-refractivity contribution is 5.92. The quantitative estimate of drug-likeness (QED) is 0.0588. The van der Waals surface area contributed by atoms with Crippen LogP contribution in [0, 0.1) is 0 Å². The van der Waals surface area contributed by atoms with Gasteiger partial charge in [-0.2, -0.15) is 26.3 Å². The zero-order chi connectivity index (χ0) is 42.6. The van der Waals surface area contributed by atoms with Gasteiger partial charge >= 0.3 is 18.7 Å². The molecule has 0 amide bonds. The molecule has 6 rings (SSSR count). The van der Waals surface area contributed by atoms with Crippen molar-refractivity contribution in [3.05, 3.63) is 197 Å². The van der Waals surface area contributed by atoms with Crippen LogP contribution in [0.3, 0.4) is 0 Å². The lowest BCUT2D eigenvalue weighted by atomic mass is 9.84. The van der Waals surface area contributed by atoms with Crippen LogP contribution in [0.1, 0.15) is 41.7 Å². The molecule has 0 fully saturated rings. The third-order valence-electron chi connectivity index (χ3n) is 10.0. The SMILES string of the molecule is C=C(/C=C/C=C(/C=C/C=C1/N(CCc2ccccc2)c2ccccc2C1(C)C)OC(F)(F)F)Cc1ccc2ccccc2c1[NH2+]c1cc(C(F)(F)F)cc(C(F)(F)F)c1. The number of rotatable bonds is 12. The Labute approximate surface area is 336 Å². The minimum atomic E-state index is -5.03. The second kappa shape index (κ2) is 17.1. The Balaban J connectivity index is 1.26. The third-order valence-corrected chi connectivity index (χ3v) is 10.0. The summed E-state index contributed by atoms with van der Waals surface area (Å²) in [5.74, 6) is -0.507. The first-order valence-electron chi connectivity index (χ1n) is 18.6. The van der Waals surface area contributed by atoms with Crippen LogP contribution in [0.5, 0.6) is 0 Å². The average molecular weight is 820 g/mol. The second-order valence-electron chi connectivity index (χ2n) is 14.6. The first kappa shape index (κ1) is 42.6. The standard InChI is InChI=1S/C47H39F9N2O/c1-31(27-34-24-23-33-16-7-8-19-39(33)43(34)57-37-29-35(45(48,49)50)28-36(30-37)46(51,52)53)13-11-17-38(59-47(54,55)56)18-12-22-42-44(2,3)40-20-9-10-21-41(40)58(42)26-25-32-14-5-4-6-15-32/h4-24,28-30,57H,1,25-27H2,2-3H3/p+1/b13-11+,18-12+,38-17-,42-22+. The number of anilines is 1. The molecule has 1 heterocycles. The van der Waals surface area contributed by atoms with Gasteiger partial charge in [0.25, 0.3) is 0 Å². The summed E-state index contributed by atoms with van der Waals surface area (Å²) in [4.78, 5) is 2.17. The molecule has 0 radical (unpaired) electrons. The molecule has 5 aromatic rings. The number of ether oxygens (including phenoxy) is 1. The van der Waals surface area contributed by atoms with Gasteiger partial charge < -0.3 is 9.64 Å². The Bertz CT molecular complexity index is 2400. The molecule has 0 saturated heterocycles. The molecule has 12 heteroatoms. The number of para-hydroxylation sites is 1. The van der Waals surface area contributed by atoms with Crippen LogP contribution < -0.4 is 10.2 Å². The normalized spacial score (nSPS) is 15.5. The maximum atomic E-state index is 13.7. The fourth-order valence-electron chi connectivity index (χ4n) is 7.24. The van der Waals surface area contributed by atoms with E-state index >= 15 is 0 Å². The average Bonchev–Trinajstić information content (AvgIpc) is 3.38. The van der Waals surface area contributed by atoms with Crippen molar-refractivity contribution >= 4 is 27.8 Å². The number of benzene rings is 5. The summed E-state index contributed by atoms with van der Waals surface area (Å²) in [7, 11) is 0. The third kappa shape index (κ3) is 10.5. The largest absolute Gasteiger partial charge is 0.573 e. The van der Waals surface area contributed by atoms with E-state index < -0.39 is 41.0 Å². The number of fused-ring (bicyclic) bond motifs is 2. The van der Waals surface area contributed by atoms with E-state index in [-0.39, 0.29) is 18.2 Å². The highest BCUT2D eigenvalue weighted by Gasteiger charge is 2.40. The lowest BCUT2D eigenvalue weighted by molar-refractivity contribution is -0.477. The summed E-state index contributed by atoms with van der Waals surface area (Å²) in [5, 5.41) is 2.52. The number of nitrogens with zero attached hydrogens (tertiary/aromatic N) is 1. The maximum Gasteiger partial charge on any atom is 0.573 e.